The smallest absolute Gasteiger partial charge is 0.271 e. The van der Waals surface area contributed by atoms with Crippen LogP contribution >= 0.6 is 0 Å². The van der Waals surface area contributed by atoms with Gasteiger partial charge in [0.2, 0.25) is 0 Å². The van der Waals surface area contributed by atoms with Crippen molar-refractivity contribution < 1.29 is 9.72 Å². The minimum Gasteiger partial charge on any atom is -0.324 e. The van der Waals surface area contributed by atoms with Crippen LogP contribution in [0.3, 0.4) is 0 Å². The van der Waals surface area contributed by atoms with Crippen LogP contribution in [0.15, 0.2) is 78.2 Å². The highest BCUT2D eigenvalue weighted by atomic mass is 16.6. The third-order valence-electron chi connectivity index (χ3n) is 3.49. The lowest BCUT2D eigenvalue weighted by molar-refractivity contribution is -0.384. The van der Waals surface area contributed by atoms with Crippen molar-refractivity contribution in [3.05, 3.63) is 94.3 Å². The standard InChI is InChI=1S/C18H14N4O3/c23-18(15-6-8-16(9-7-15)21-10-1-2-11-21)20-19-13-14-4-3-5-17(12-14)22(24)25/h1-13H,(H,20,23)/b19-13+. The third-order valence-corrected chi connectivity index (χ3v) is 3.49. The van der Waals surface area contributed by atoms with Gasteiger partial charge in [-0.15, -0.1) is 0 Å². The molecule has 7 nitrogen and oxygen atoms in total. The first-order valence-electron chi connectivity index (χ1n) is 7.45. The molecular weight excluding hydrogens is 320 g/mol. The Kier molecular flexibility index (Phi) is 4.66. The highest BCUT2D eigenvalue weighted by Crippen LogP contribution is 2.12. The number of nitrogens with zero attached hydrogens (tertiary/aromatic N) is 3. The van der Waals surface area contributed by atoms with E-state index in [0.29, 0.717) is 11.1 Å². The van der Waals surface area contributed by atoms with Crippen molar-refractivity contribution >= 4 is 17.8 Å². The Hall–Kier alpha value is -3.74. The number of nitro benzene ring substituents is 1. The first-order chi connectivity index (χ1) is 12.1. The third kappa shape index (κ3) is 3.97. The Labute approximate surface area is 143 Å². The second-order valence-corrected chi connectivity index (χ2v) is 5.19. The van der Waals surface area contributed by atoms with Crippen LogP contribution in [-0.2, 0) is 0 Å². The van der Waals surface area contributed by atoms with E-state index >= 15 is 0 Å². The Bertz CT molecular complexity index is 916. The second kappa shape index (κ2) is 7.22. The van der Waals surface area contributed by atoms with Gasteiger partial charge in [0.1, 0.15) is 0 Å². The van der Waals surface area contributed by atoms with Crippen molar-refractivity contribution in [3.8, 4) is 5.69 Å². The number of benzene rings is 2. The topological polar surface area (TPSA) is 89.5 Å². The molecule has 0 saturated heterocycles. The fourth-order valence-electron chi connectivity index (χ4n) is 2.24. The maximum absolute atomic E-state index is 12.1. The lowest BCUT2D eigenvalue weighted by Gasteiger charge is -2.04. The fraction of sp³-hybridized carbons (Fsp3) is 0. The zero-order valence-corrected chi connectivity index (χ0v) is 13.1. The molecule has 0 aliphatic carbocycles. The molecule has 1 N–H and O–H groups in total. The van der Waals surface area contributed by atoms with Gasteiger partial charge in [0.05, 0.1) is 11.1 Å². The Balaban J connectivity index is 1.64. The number of rotatable bonds is 5. The Morgan fingerprint density at radius 3 is 2.48 bits per heavy atom. The molecule has 7 heteroatoms. The highest BCUT2D eigenvalue weighted by molar-refractivity contribution is 5.95. The van der Waals surface area contributed by atoms with Crippen LogP contribution in [0.4, 0.5) is 5.69 Å². The summed E-state index contributed by atoms with van der Waals surface area (Å²) >= 11 is 0. The van der Waals surface area contributed by atoms with E-state index in [-0.39, 0.29) is 11.6 Å². The van der Waals surface area contributed by atoms with E-state index in [0.717, 1.165) is 5.69 Å². The summed E-state index contributed by atoms with van der Waals surface area (Å²) in [7, 11) is 0. The van der Waals surface area contributed by atoms with Gasteiger partial charge >= 0.3 is 0 Å². The van der Waals surface area contributed by atoms with Crippen LogP contribution < -0.4 is 5.43 Å². The van der Waals surface area contributed by atoms with E-state index in [4.69, 9.17) is 0 Å². The van der Waals surface area contributed by atoms with Crippen LogP contribution in [0.5, 0.6) is 0 Å². The van der Waals surface area contributed by atoms with Crippen molar-refractivity contribution in [2.75, 3.05) is 0 Å². The monoisotopic (exact) mass is 334 g/mol. The first-order valence-corrected chi connectivity index (χ1v) is 7.45. The number of aromatic nitrogens is 1. The molecular formula is C18H14N4O3. The molecule has 0 aliphatic heterocycles. The van der Waals surface area contributed by atoms with Gasteiger partial charge in [0.15, 0.2) is 0 Å². The Morgan fingerprint density at radius 1 is 1.08 bits per heavy atom. The highest BCUT2D eigenvalue weighted by Gasteiger charge is 2.06. The zero-order valence-electron chi connectivity index (χ0n) is 13.1. The lowest BCUT2D eigenvalue weighted by atomic mass is 10.2. The molecule has 3 rings (SSSR count). The maximum Gasteiger partial charge on any atom is 0.271 e. The van der Waals surface area contributed by atoms with E-state index in [9.17, 15) is 14.9 Å². The predicted octanol–water partition coefficient (Wildman–Crippen LogP) is 3.15. The number of nitro groups is 1. The summed E-state index contributed by atoms with van der Waals surface area (Å²) in [6.45, 7) is 0. The number of carbonyl (C=O) groups is 1. The quantitative estimate of drug-likeness (QED) is 0.441. The van der Waals surface area contributed by atoms with Gasteiger partial charge < -0.3 is 4.57 Å². The van der Waals surface area contributed by atoms with Gasteiger partial charge in [-0.3, -0.25) is 14.9 Å². The van der Waals surface area contributed by atoms with Gasteiger partial charge in [-0.2, -0.15) is 5.10 Å². The van der Waals surface area contributed by atoms with Crippen LogP contribution in [0.2, 0.25) is 0 Å². The lowest BCUT2D eigenvalue weighted by Crippen LogP contribution is -2.17. The molecule has 25 heavy (non-hydrogen) atoms. The largest absolute Gasteiger partial charge is 0.324 e. The van der Waals surface area contributed by atoms with Gasteiger partial charge in [-0.1, -0.05) is 12.1 Å². The molecule has 0 aliphatic rings. The summed E-state index contributed by atoms with van der Waals surface area (Å²) in [5.41, 5.74) is 4.31. The summed E-state index contributed by atoms with van der Waals surface area (Å²) in [6, 6.07) is 16.9. The minimum absolute atomic E-state index is 0.0316. The molecule has 2 aromatic carbocycles. The molecule has 1 amide bonds. The van der Waals surface area contributed by atoms with Crippen molar-refractivity contribution in [2.45, 2.75) is 0 Å². The molecule has 0 saturated carbocycles. The SMILES string of the molecule is O=C(N/N=C/c1cccc([N+](=O)[O-])c1)c1ccc(-n2cccc2)cc1. The summed E-state index contributed by atoms with van der Waals surface area (Å²) < 4.78 is 1.93. The van der Waals surface area contributed by atoms with Crippen LogP contribution in [-0.4, -0.2) is 21.6 Å². The molecule has 1 aromatic heterocycles. The minimum atomic E-state index is -0.484. The second-order valence-electron chi connectivity index (χ2n) is 5.19. The van der Waals surface area contributed by atoms with Crippen LogP contribution in [0, 0.1) is 10.1 Å². The van der Waals surface area contributed by atoms with E-state index in [2.05, 4.69) is 10.5 Å². The van der Waals surface area contributed by atoms with E-state index in [1.165, 1.54) is 18.3 Å². The molecule has 0 fully saturated rings. The zero-order chi connectivity index (χ0) is 17.6. The number of hydrogen-bond donors (Lipinski definition) is 1. The summed E-state index contributed by atoms with van der Waals surface area (Å²) in [5.74, 6) is -0.360. The van der Waals surface area contributed by atoms with Gasteiger partial charge in [0, 0.05) is 41.3 Å². The number of hydrogen-bond acceptors (Lipinski definition) is 4. The fourth-order valence-corrected chi connectivity index (χ4v) is 2.24. The summed E-state index contributed by atoms with van der Waals surface area (Å²) in [5, 5.41) is 14.6. The summed E-state index contributed by atoms with van der Waals surface area (Å²) in [4.78, 5) is 22.3. The van der Waals surface area contributed by atoms with Crippen LogP contribution in [0.1, 0.15) is 15.9 Å². The van der Waals surface area contributed by atoms with E-state index < -0.39 is 4.92 Å². The Morgan fingerprint density at radius 2 is 1.80 bits per heavy atom. The number of nitrogens with one attached hydrogen (secondary N) is 1. The van der Waals surface area contributed by atoms with E-state index in [1.54, 1.807) is 24.3 Å². The first kappa shape index (κ1) is 16.1. The molecule has 0 spiro atoms. The average Bonchev–Trinajstić information content (AvgIpc) is 3.17. The van der Waals surface area contributed by atoms with E-state index in [1.807, 2.05) is 41.2 Å². The molecule has 0 radical (unpaired) electrons. The normalized spacial score (nSPS) is 10.7. The number of hydrazone groups is 1. The van der Waals surface area contributed by atoms with Gasteiger partial charge in [-0.25, -0.2) is 5.43 Å². The number of non-ortho nitro benzene ring substituents is 1. The molecule has 0 unspecified atom stereocenters. The van der Waals surface area contributed by atoms with Crippen molar-refractivity contribution in [1.82, 2.24) is 9.99 Å². The van der Waals surface area contributed by atoms with Crippen molar-refractivity contribution in [2.24, 2.45) is 5.10 Å². The molecule has 3 aromatic rings. The summed E-state index contributed by atoms with van der Waals surface area (Å²) in [6.07, 6.45) is 5.19. The predicted molar refractivity (Wildman–Crippen MR) is 93.9 cm³/mol. The number of carbonyl (C=O) groups excluding carboxylic acids is 1. The van der Waals surface area contributed by atoms with Crippen LogP contribution in [0.25, 0.3) is 5.69 Å². The molecule has 124 valence electrons. The molecule has 0 bridgehead atoms. The van der Waals surface area contributed by atoms with Crippen molar-refractivity contribution in [3.63, 3.8) is 0 Å². The average molecular weight is 334 g/mol. The number of amides is 1. The van der Waals surface area contributed by atoms with Crippen molar-refractivity contribution in [1.29, 1.82) is 0 Å². The van der Waals surface area contributed by atoms with Gasteiger partial charge in [-0.05, 0) is 36.4 Å². The molecule has 1 heterocycles. The van der Waals surface area contributed by atoms with Gasteiger partial charge in [0.25, 0.3) is 11.6 Å². The maximum atomic E-state index is 12.1. The molecule has 0 atom stereocenters.